The third-order valence-corrected chi connectivity index (χ3v) is 4.61. The van der Waals surface area contributed by atoms with Gasteiger partial charge in [-0.25, -0.2) is 0 Å². The summed E-state index contributed by atoms with van der Waals surface area (Å²) >= 11 is 0. The number of carbonyl (C=O) groups is 2. The van der Waals surface area contributed by atoms with E-state index >= 15 is 0 Å². The van der Waals surface area contributed by atoms with E-state index in [4.69, 9.17) is 0 Å². The average Bonchev–Trinajstić information content (AvgIpc) is 3.21. The summed E-state index contributed by atoms with van der Waals surface area (Å²) in [4.78, 5) is 31.9. The zero-order chi connectivity index (χ0) is 18.1. The van der Waals surface area contributed by atoms with Gasteiger partial charge in [0.05, 0.1) is 6.54 Å². The van der Waals surface area contributed by atoms with Crippen LogP contribution in [0, 0.1) is 6.92 Å². The number of ketones is 1. The van der Waals surface area contributed by atoms with Gasteiger partial charge < -0.3 is 10.3 Å². The van der Waals surface area contributed by atoms with Crippen LogP contribution in [-0.2, 0) is 13.0 Å². The Bertz CT molecular complexity index is 971. The molecule has 0 unspecified atom stereocenters. The van der Waals surface area contributed by atoms with Crippen LogP contribution >= 0.6 is 0 Å². The Morgan fingerprint density at radius 1 is 1.35 bits per heavy atom. The topological polar surface area (TPSA) is 92.7 Å². The van der Waals surface area contributed by atoms with Crippen LogP contribution in [0.15, 0.2) is 36.8 Å². The van der Waals surface area contributed by atoms with E-state index in [1.54, 1.807) is 29.3 Å². The van der Waals surface area contributed by atoms with Crippen LogP contribution < -0.4 is 5.32 Å². The number of Topliss-reactive ketones (excluding diaryl/α,β-unsaturated/α-hetero) is 1. The summed E-state index contributed by atoms with van der Waals surface area (Å²) in [6.07, 6.45) is 7.48. The molecule has 3 heterocycles. The summed E-state index contributed by atoms with van der Waals surface area (Å²) in [7, 11) is 0. The molecule has 3 aromatic rings. The van der Waals surface area contributed by atoms with Crippen LogP contribution in [0.5, 0.6) is 0 Å². The molecule has 0 radical (unpaired) electrons. The average molecular weight is 349 g/mol. The number of carbonyl (C=O) groups excluding carboxylic acids is 2. The van der Waals surface area contributed by atoms with Gasteiger partial charge in [-0.3, -0.25) is 19.3 Å². The number of fused-ring (bicyclic) bond motifs is 1. The number of amides is 1. The number of pyridine rings is 1. The Labute approximate surface area is 150 Å². The van der Waals surface area contributed by atoms with Crippen LogP contribution in [0.3, 0.4) is 0 Å². The van der Waals surface area contributed by atoms with Crippen molar-refractivity contribution in [3.05, 3.63) is 64.9 Å². The predicted molar refractivity (Wildman–Crippen MR) is 96.3 cm³/mol. The van der Waals surface area contributed by atoms with Gasteiger partial charge >= 0.3 is 0 Å². The van der Waals surface area contributed by atoms with E-state index in [0.29, 0.717) is 30.0 Å². The van der Waals surface area contributed by atoms with E-state index in [9.17, 15) is 9.59 Å². The molecule has 0 aromatic carbocycles. The standard InChI is InChI=1S/C19H19N5O2/c1-12-17-14(5-2-6-15(17)25)21-18(12)19(26)22-16-7-9-24(23-16)11-13-4-3-8-20-10-13/h3-4,7-10,21H,2,5-6,11H2,1H3,(H,22,23,26). The molecule has 2 N–H and O–H groups in total. The molecule has 0 spiro atoms. The number of hydrogen-bond donors (Lipinski definition) is 2. The summed E-state index contributed by atoms with van der Waals surface area (Å²) in [6, 6.07) is 5.59. The number of aromatic nitrogens is 4. The van der Waals surface area contributed by atoms with E-state index in [2.05, 4.69) is 20.4 Å². The highest BCUT2D eigenvalue weighted by molar-refractivity contribution is 6.08. The summed E-state index contributed by atoms with van der Waals surface area (Å²) in [6.45, 7) is 2.39. The van der Waals surface area contributed by atoms with Crippen molar-refractivity contribution < 1.29 is 9.59 Å². The third-order valence-electron chi connectivity index (χ3n) is 4.61. The summed E-state index contributed by atoms with van der Waals surface area (Å²) in [5.74, 6) is 0.299. The number of nitrogens with one attached hydrogen (secondary N) is 2. The number of aromatic amines is 1. The lowest BCUT2D eigenvalue weighted by Gasteiger charge is -2.09. The van der Waals surface area contributed by atoms with Crippen LogP contribution in [-0.4, -0.2) is 31.4 Å². The normalized spacial score (nSPS) is 13.5. The van der Waals surface area contributed by atoms with Gasteiger partial charge in [0, 0.05) is 42.3 Å². The lowest BCUT2D eigenvalue weighted by Crippen LogP contribution is -2.14. The van der Waals surface area contributed by atoms with E-state index in [-0.39, 0.29) is 11.7 Å². The number of hydrogen-bond acceptors (Lipinski definition) is 4. The molecule has 1 amide bonds. The second-order valence-corrected chi connectivity index (χ2v) is 6.47. The minimum Gasteiger partial charge on any atom is -0.354 e. The first-order valence-electron chi connectivity index (χ1n) is 8.60. The number of anilines is 1. The Kier molecular flexibility index (Phi) is 4.12. The highest BCUT2D eigenvalue weighted by atomic mass is 16.2. The van der Waals surface area contributed by atoms with Gasteiger partial charge in [0.1, 0.15) is 5.69 Å². The summed E-state index contributed by atoms with van der Waals surface area (Å²) < 4.78 is 1.74. The van der Waals surface area contributed by atoms with Crippen molar-refractivity contribution in [3.63, 3.8) is 0 Å². The zero-order valence-electron chi connectivity index (χ0n) is 14.5. The molecule has 1 aliphatic carbocycles. The summed E-state index contributed by atoms with van der Waals surface area (Å²) in [5.41, 5.74) is 3.73. The van der Waals surface area contributed by atoms with Gasteiger partial charge in [0.2, 0.25) is 0 Å². The number of aryl methyl sites for hydroxylation is 1. The Morgan fingerprint density at radius 3 is 3.00 bits per heavy atom. The minimum atomic E-state index is -0.281. The fourth-order valence-corrected chi connectivity index (χ4v) is 3.38. The predicted octanol–water partition coefficient (Wildman–Crippen LogP) is 2.73. The molecule has 132 valence electrons. The van der Waals surface area contributed by atoms with Crippen molar-refractivity contribution >= 4 is 17.5 Å². The first-order valence-corrected chi connectivity index (χ1v) is 8.60. The highest BCUT2D eigenvalue weighted by Crippen LogP contribution is 2.26. The first-order chi connectivity index (χ1) is 12.6. The van der Waals surface area contributed by atoms with E-state index < -0.39 is 0 Å². The van der Waals surface area contributed by atoms with Crippen LogP contribution in [0.25, 0.3) is 0 Å². The molecule has 4 rings (SSSR count). The smallest absolute Gasteiger partial charge is 0.273 e. The molecule has 0 saturated heterocycles. The fourth-order valence-electron chi connectivity index (χ4n) is 3.38. The zero-order valence-corrected chi connectivity index (χ0v) is 14.5. The van der Waals surface area contributed by atoms with Gasteiger partial charge in [0.15, 0.2) is 11.6 Å². The largest absolute Gasteiger partial charge is 0.354 e. The van der Waals surface area contributed by atoms with E-state index in [1.807, 2.05) is 19.1 Å². The molecule has 3 aromatic heterocycles. The second-order valence-electron chi connectivity index (χ2n) is 6.47. The molecule has 7 heteroatoms. The monoisotopic (exact) mass is 349 g/mol. The molecule has 1 aliphatic rings. The van der Waals surface area contributed by atoms with Gasteiger partial charge in [-0.1, -0.05) is 6.07 Å². The fraction of sp³-hybridized carbons (Fsp3) is 0.263. The maximum Gasteiger partial charge on any atom is 0.273 e. The van der Waals surface area contributed by atoms with Gasteiger partial charge in [-0.2, -0.15) is 5.10 Å². The Morgan fingerprint density at radius 2 is 2.23 bits per heavy atom. The van der Waals surface area contributed by atoms with Crippen LogP contribution in [0.4, 0.5) is 5.82 Å². The lowest BCUT2D eigenvalue weighted by molar-refractivity contribution is 0.0971. The Hall–Kier alpha value is -3.22. The third kappa shape index (κ3) is 3.03. The molecule has 26 heavy (non-hydrogen) atoms. The van der Waals surface area contributed by atoms with Crippen molar-refractivity contribution in [2.75, 3.05) is 5.32 Å². The SMILES string of the molecule is Cc1c(C(=O)Nc2ccn(Cc3cccnc3)n2)[nH]c2c1C(=O)CCC2. The number of H-pyrrole nitrogens is 1. The number of rotatable bonds is 4. The van der Waals surface area contributed by atoms with Gasteiger partial charge in [-0.15, -0.1) is 0 Å². The van der Waals surface area contributed by atoms with Gasteiger partial charge in [0.25, 0.3) is 5.91 Å². The van der Waals surface area contributed by atoms with E-state index in [1.165, 1.54) is 0 Å². The van der Waals surface area contributed by atoms with Crippen molar-refractivity contribution in [2.24, 2.45) is 0 Å². The maximum atomic E-state index is 12.6. The Balaban J connectivity index is 1.50. The second kappa shape index (κ2) is 6.59. The van der Waals surface area contributed by atoms with E-state index in [0.717, 1.165) is 29.7 Å². The molecule has 7 nitrogen and oxygen atoms in total. The van der Waals surface area contributed by atoms with Crippen molar-refractivity contribution in [1.82, 2.24) is 19.7 Å². The molecular formula is C19H19N5O2. The van der Waals surface area contributed by atoms with Crippen molar-refractivity contribution in [2.45, 2.75) is 32.7 Å². The molecule has 0 bridgehead atoms. The van der Waals surface area contributed by atoms with Crippen LogP contribution in [0.1, 0.15) is 50.5 Å². The van der Waals surface area contributed by atoms with Crippen molar-refractivity contribution in [3.8, 4) is 0 Å². The molecule has 0 saturated carbocycles. The lowest BCUT2D eigenvalue weighted by atomic mass is 9.94. The molecule has 0 atom stereocenters. The summed E-state index contributed by atoms with van der Waals surface area (Å²) in [5, 5.41) is 7.17. The number of nitrogens with zero attached hydrogens (tertiary/aromatic N) is 3. The molecule has 0 aliphatic heterocycles. The van der Waals surface area contributed by atoms with Gasteiger partial charge in [-0.05, 0) is 37.0 Å². The molecule has 0 fully saturated rings. The van der Waals surface area contributed by atoms with Crippen LogP contribution in [0.2, 0.25) is 0 Å². The minimum absolute atomic E-state index is 0.111. The maximum absolute atomic E-state index is 12.6. The first kappa shape index (κ1) is 16.3. The molecular weight excluding hydrogens is 330 g/mol. The highest BCUT2D eigenvalue weighted by Gasteiger charge is 2.26. The van der Waals surface area contributed by atoms with Crippen molar-refractivity contribution in [1.29, 1.82) is 0 Å². The quantitative estimate of drug-likeness (QED) is 0.757.